The Morgan fingerprint density at radius 2 is 1.33 bits per heavy atom. The van der Waals surface area contributed by atoms with Gasteiger partial charge in [0.15, 0.2) is 5.85 Å². The summed E-state index contributed by atoms with van der Waals surface area (Å²) >= 11 is 0. The van der Waals surface area contributed by atoms with Gasteiger partial charge in [0, 0.05) is 12.3 Å². The van der Waals surface area contributed by atoms with Crippen LogP contribution in [0.5, 0.6) is 0 Å². The van der Waals surface area contributed by atoms with E-state index in [0.29, 0.717) is 5.56 Å². The zero-order valence-electron chi connectivity index (χ0n) is 25.4. The summed E-state index contributed by atoms with van der Waals surface area (Å²) in [6.07, 6.45) is -0.870. The summed E-state index contributed by atoms with van der Waals surface area (Å²) in [5.74, 6) is -2.94. The second-order valence-electron chi connectivity index (χ2n) is 12.6. The molecule has 10 heteroatoms. The summed E-state index contributed by atoms with van der Waals surface area (Å²) in [6, 6.07) is 20.9. The molecule has 0 spiro atoms. The number of aliphatic hydroxyl groups excluding tert-OH is 1. The molecule has 3 aromatic rings. The smallest absolute Gasteiger partial charge is 0.407 e. The molecular weight excluding hydrogens is 569 g/mol. The third-order valence-corrected chi connectivity index (χ3v) is 9.25. The van der Waals surface area contributed by atoms with Crippen molar-refractivity contribution in [2.24, 2.45) is 0 Å². The Morgan fingerprint density at radius 3 is 1.79 bits per heavy atom. The van der Waals surface area contributed by atoms with E-state index in [-0.39, 0.29) is 24.5 Å². The van der Waals surface area contributed by atoms with Crippen LogP contribution in [-0.4, -0.2) is 46.1 Å². The minimum atomic E-state index is -4.02. The predicted octanol–water partition coefficient (Wildman–Crippen LogP) is 7.04. The number of ether oxygens (including phenoxy) is 1. The number of hydrogen-bond acceptors (Lipinski definition) is 7. The monoisotopic (exact) mass is 609 g/mol. The van der Waals surface area contributed by atoms with Crippen molar-refractivity contribution in [2.75, 3.05) is 6.61 Å². The minimum absolute atomic E-state index is 0.0372. The SMILES string of the molecule is CC(C)(C)OP(=O)(OC(C)(C)C)C(O)c1ccc(C[C@@H](NC(=O)OCC2c3ccccc3-c3ccccc32)C(=O)O)cc1. The van der Waals surface area contributed by atoms with Gasteiger partial charge in [0.05, 0.1) is 11.2 Å². The third kappa shape index (κ3) is 8.12. The summed E-state index contributed by atoms with van der Waals surface area (Å²) in [5.41, 5.74) is 3.47. The van der Waals surface area contributed by atoms with Crippen molar-refractivity contribution >= 4 is 19.7 Å². The van der Waals surface area contributed by atoms with E-state index >= 15 is 0 Å². The van der Waals surface area contributed by atoms with Gasteiger partial charge in [-0.05, 0) is 74.9 Å². The molecule has 0 saturated carbocycles. The summed E-state index contributed by atoms with van der Waals surface area (Å²) < 4.78 is 30.7. The molecule has 4 rings (SSSR count). The highest BCUT2D eigenvalue weighted by Gasteiger charge is 2.43. The molecule has 3 aromatic carbocycles. The van der Waals surface area contributed by atoms with E-state index in [1.807, 2.05) is 48.5 Å². The molecule has 0 bridgehead atoms. The molecule has 9 nitrogen and oxygen atoms in total. The molecule has 2 atom stereocenters. The lowest BCUT2D eigenvalue weighted by Gasteiger charge is -2.34. The number of carboxylic acids is 1. The second kappa shape index (κ2) is 12.6. The average molecular weight is 610 g/mol. The number of carbonyl (C=O) groups is 2. The first-order chi connectivity index (χ1) is 20.1. The van der Waals surface area contributed by atoms with Crippen LogP contribution in [-0.2, 0) is 29.6 Å². The zero-order valence-corrected chi connectivity index (χ0v) is 26.3. The predicted molar refractivity (Wildman–Crippen MR) is 164 cm³/mol. The van der Waals surface area contributed by atoms with Crippen LogP contribution in [0, 0.1) is 0 Å². The molecule has 230 valence electrons. The van der Waals surface area contributed by atoms with Gasteiger partial charge in [-0.25, -0.2) is 9.59 Å². The van der Waals surface area contributed by atoms with Crippen LogP contribution in [0.1, 0.15) is 75.6 Å². The molecule has 0 aliphatic heterocycles. The van der Waals surface area contributed by atoms with Gasteiger partial charge >= 0.3 is 19.7 Å². The minimum Gasteiger partial charge on any atom is -0.480 e. The number of nitrogens with one attached hydrogen (secondary N) is 1. The van der Waals surface area contributed by atoms with Crippen LogP contribution in [0.2, 0.25) is 0 Å². The average Bonchev–Trinajstić information content (AvgIpc) is 3.23. The van der Waals surface area contributed by atoms with Gasteiger partial charge in [0.1, 0.15) is 12.6 Å². The van der Waals surface area contributed by atoms with Crippen LogP contribution in [0.15, 0.2) is 72.8 Å². The standard InChI is InChI=1S/C33H40NO8P/c1-32(2,3)41-43(39,42-33(4,5)6)30(37)22-17-15-21(16-18-22)19-28(29(35)36)34-31(38)40-20-27-25-13-9-7-11-23(25)24-12-8-10-14-26(24)27/h7-18,27-28,30,37H,19-20H2,1-6H3,(H,34,38)(H,35,36)/t28-,30?/m1/s1. The number of rotatable bonds is 10. The van der Waals surface area contributed by atoms with Crippen LogP contribution in [0.25, 0.3) is 11.1 Å². The van der Waals surface area contributed by atoms with Gasteiger partial charge in [-0.2, -0.15) is 0 Å². The highest BCUT2D eigenvalue weighted by Crippen LogP contribution is 2.63. The van der Waals surface area contributed by atoms with Crippen molar-refractivity contribution in [2.45, 2.75) is 77.0 Å². The van der Waals surface area contributed by atoms with E-state index in [1.54, 1.807) is 53.7 Å². The van der Waals surface area contributed by atoms with Gasteiger partial charge in [-0.1, -0.05) is 72.8 Å². The molecule has 0 aromatic heterocycles. The number of aliphatic carboxylic acids is 1. The third-order valence-electron chi connectivity index (χ3n) is 6.75. The number of benzene rings is 3. The first-order valence-electron chi connectivity index (χ1n) is 14.2. The fourth-order valence-electron chi connectivity index (χ4n) is 5.11. The van der Waals surface area contributed by atoms with E-state index in [9.17, 15) is 24.4 Å². The Bertz CT molecular complexity index is 1440. The Balaban J connectivity index is 1.41. The number of carbonyl (C=O) groups excluding carboxylic acids is 1. The van der Waals surface area contributed by atoms with Crippen LogP contribution >= 0.6 is 7.60 Å². The molecule has 1 aliphatic carbocycles. The molecule has 3 N–H and O–H groups in total. The van der Waals surface area contributed by atoms with E-state index in [1.165, 1.54) is 12.1 Å². The normalized spacial score (nSPS) is 14.9. The topological polar surface area (TPSA) is 131 Å². The molecule has 0 radical (unpaired) electrons. The lowest BCUT2D eigenvalue weighted by atomic mass is 9.98. The summed E-state index contributed by atoms with van der Waals surface area (Å²) in [4.78, 5) is 24.7. The molecule has 0 saturated heterocycles. The highest BCUT2D eigenvalue weighted by molar-refractivity contribution is 7.54. The Hall–Kier alpha value is -3.49. The van der Waals surface area contributed by atoms with Crippen molar-refractivity contribution < 1.29 is 38.2 Å². The Morgan fingerprint density at radius 1 is 0.837 bits per heavy atom. The van der Waals surface area contributed by atoms with Crippen molar-refractivity contribution in [1.29, 1.82) is 0 Å². The molecule has 43 heavy (non-hydrogen) atoms. The molecule has 0 heterocycles. The van der Waals surface area contributed by atoms with E-state index in [4.69, 9.17) is 13.8 Å². The van der Waals surface area contributed by atoms with Gasteiger partial charge < -0.3 is 29.3 Å². The largest absolute Gasteiger partial charge is 0.480 e. The molecule has 1 aliphatic rings. The number of hydrogen-bond donors (Lipinski definition) is 3. The summed E-state index contributed by atoms with van der Waals surface area (Å²) in [7, 11) is -4.02. The van der Waals surface area contributed by atoms with Gasteiger partial charge in [0.25, 0.3) is 0 Å². The summed E-state index contributed by atoms with van der Waals surface area (Å²) in [6.45, 7) is 10.4. The maximum Gasteiger partial charge on any atom is 0.407 e. The number of alkyl carbamates (subject to hydrolysis) is 1. The lowest BCUT2D eigenvalue weighted by Crippen LogP contribution is -2.42. The van der Waals surface area contributed by atoms with Crippen molar-refractivity contribution in [3.8, 4) is 11.1 Å². The van der Waals surface area contributed by atoms with E-state index < -0.39 is 42.7 Å². The van der Waals surface area contributed by atoms with Crippen molar-refractivity contribution in [3.05, 3.63) is 95.1 Å². The second-order valence-corrected chi connectivity index (χ2v) is 14.6. The first-order valence-corrected chi connectivity index (χ1v) is 15.8. The number of aliphatic hydroxyl groups is 1. The quantitative estimate of drug-likeness (QED) is 0.209. The Labute approximate surface area is 252 Å². The summed E-state index contributed by atoms with van der Waals surface area (Å²) in [5, 5.41) is 23.3. The lowest BCUT2D eigenvalue weighted by molar-refractivity contribution is -0.139. The fraction of sp³-hybridized carbons (Fsp3) is 0.394. The van der Waals surface area contributed by atoms with Crippen LogP contribution in [0.3, 0.4) is 0 Å². The number of fused-ring (bicyclic) bond motifs is 3. The van der Waals surface area contributed by atoms with Gasteiger partial charge in [-0.15, -0.1) is 0 Å². The number of amides is 1. The van der Waals surface area contributed by atoms with Crippen LogP contribution < -0.4 is 5.32 Å². The molecule has 0 fully saturated rings. The fourth-order valence-corrected chi connectivity index (χ4v) is 7.41. The molecule has 1 unspecified atom stereocenters. The Kier molecular flexibility index (Phi) is 9.52. The van der Waals surface area contributed by atoms with Crippen molar-refractivity contribution in [1.82, 2.24) is 5.32 Å². The maximum absolute atomic E-state index is 13.7. The maximum atomic E-state index is 13.7. The van der Waals surface area contributed by atoms with Gasteiger partial charge in [0.2, 0.25) is 0 Å². The van der Waals surface area contributed by atoms with Crippen LogP contribution in [0.4, 0.5) is 4.79 Å². The highest BCUT2D eigenvalue weighted by atomic mass is 31.2. The molecular formula is C33H40NO8P. The zero-order chi connectivity index (χ0) is 31.6. The first kappa shape index (κ1) is 32.4. The van der Waals surface area contributed by atoms with E-state index in [2.05, 4.69) is 5.32 Å². The van der Waals surface area contributed by atoms with E-state index in [0.717, 1.165) is 22.3 Å². The van der Waals surface area contributed by atoms with Crippen molar-refractivity contribution in [3.63, 3.8) is 0 Å². The number of carboxylic acid groups (broad SMARTS) is 1. The molecule has 1 amide bonds. The van der Waals surface area contributed by atoms with Gasteiger partial charge in [-0.3, -0.25) is 4.57 Å².